The minimum Gasteiger partial charge on any atom is -0.364 e. The van der Waals surface area contributed by atoms with Crippen LogP contribution in [0, 0.1) is 5.92 Å². The summed E-state index contributed by atoms with van der Waals surface area (Å²) >= 11 is 0. The topological polar surface area (TPSA) is 43.4 Å². The molecule has 1 aromatic carbocycles. The molecule has 2 fully saturated rings. The molecule has 4 heteroatoms. The average molecular weight is 222 g/mol. The maximum Gasteiger partial charge on any atom is 0.156 e. The highest BCUT2D eigenvalue weighted by atomic mass is 32.2. The zero-order chi connectivity index (χ0) is 10.2. The van der Waals surface area contributed by atoms with Crippen LogP contribution in [0.5, 0.6) is 0 Å². The summed E-state index contributed by atoms with van der Waals surface area (Å²) in [7, 11) is -2.86. The summed E-state index contributed by atoms with van der Waals surface area (Å²) in [6.07, 6.45) is -0.144. The Morgan fingerprint density at radius 3 is 2.47 bits per heavy atom. The Kier molecular flexibility index (Phi) is 1.26. The van der Waals surface area contributed by atoms with Crippen molar-refractivity contribution in [3.63, 3.8) is 0 Å². The predicted octanol–water partition coefficient (Wildman–Crippen LogP) is 1.23. The minimum atomic E-state index is -2.86. The molecule has 0 saturated carbocycles. The van der Waals surface area contributed by atoms with Gasteiger partial charge in [-0.3, -0.25) is 0 Å². The van der Waals surface area contributed by atoms with E-state index in [-0.39, 0.29) is 23.4 Å². The zero-order valence-corrected chi connectivity index (χ0v) is 8.78. The monoisotopic (exact) mass is 222 g/mol. The van der Waals surface area contributed by atoms with Crippen molar-refractivity contribution in [2.75, 3.05) is 5.75 Å². The van der Waals surface area contributed by atoms with Gasteiger partial charge in [0.05, 0.1) is 17.1 Å². The van der Waals surface area contributed by atoms with E-state index in [2.05, 4.69) is 6.07 Å². The first-order chi connectivity index (χ1) is 7.18. The lowest BCUT2D eigenvalue weighted by Gasteiger charge is -2.37. The third-order valence-electron chi connectivity index (χ3n) is 3.85. The molecule has 4 atom stereocenters. The number of hydrogen-bond acceptors (Lipinski definition) is 3. The van der Waals surface area contributed by atoms with Crippen LogP contribution in [0.3, 0.4) is 0 Å². The van der Waals surface area contributed by atoms with Crippen molar-refractivity contribution in [1.29, 1.82) is 0 Å². The Bertz CT molecular complexity index is 549. The highest BCUT2D eigenvalue weighted by Gasteiger charge is 2.64. The van der Waals surface area contributed by atoms with E-state index in [4.69, 9.17) is 4.74 Å². The van der Waals surface area contributed by atoms with Gasteiger partial charge in [0.15, 0.2) is 9.84 Å². The van der Waals surface area contributed by atoms with Crippen LogP contribution in [0.25, 0.3) is 0 Å². The Hall–Kier alpha value is -0.870. The molecule has 3 aliphatic heterocycles. The molecule has 3 aliphatic rings. The summed E-state index contributed by atoms with van der Waals surface area (Å²) in [4.78, 5) is 0. The van der Waals surface area contributed by atoms with Crippen LogP contribution in [0.1, 0.15) is 23.3 Å². The number of ether oxygens (including phenoxy) is 1. The molecule has 2 bridgehead atoms. The summed E-state index contributed by atoms with van der Waals surface area (Å²) in [6.45, 7) is 0. The van der Waals surface area contributed by atoms with Gasteiger partial charge in [0, 0.05) is 5.92 Å². The molecule has 0 spiro atoms. The van der Waals surface area contributed by atoms with Gasteiger partial charge in [0.25, 0.3) is 0 Å². The Morgan fingerprint density at radius 2 is 1.80 bits per heavy atom. The van der Waals surface area contributed by atoms with Gasteiger partial charge in [-0.25, -0.2) is 8.42 Å². The summed E-state index contributed by atoms with van der Waals surface area (Å²) in [5, 5.41) is -0.252. The molecule has 4 rings (SSSR count). The summed E-state index contributed by atoms with van der Waals surface area (Å²) in [6, 6.07) is 7.99. The van der Waals surface area contributed by atoms with Gasteiger partial charge < -0.3 is 4.74 Å². The van der Waals surface area contributed by atoms with Crippen molar-refractivity contribution in [2.45, 2.75) is 17.5 Å². The van der Waals surface area contributed by atoms with Gasteiger partial charge in [-0.15, -0.1) is 0 Å². The van der Waals surface area contributed by atoms with Crippen LogP contribution in [0.15, 0.2) is 24.3 Å². The maximum absolute atomic E-state index is 11.6. The second-order valence-electron chi connectivity index (χ2n) is 4.56. The standard InChI is InChI=1S/C11H10O3S/c12-15(13)5-8-9-6-3-1-2-4-7(6)10(14-9)11(8)15/h1-4,8-11H,5H2/t8-,9-,10+,11-/m1/s1. The predicted molar refractivity (Wildman–Crippen MR) is 54.1 cm³/mol. The molecule has 78 valence electrons. The van der Waals surface area contributed by atoms with Crippen molar-refractivity contribution in [2.24, 2.45) is 5.92 Å². The number of benzene rings is 1. The van der Waals surface area contributed by atoms with E-state index in [0.29, 0.717) is 5.75 Å². The molecule has 0 unspecified atom stereocenters. The fourth-order valence-corrected chi connectivity index (χ4v) is 5.35. The van der Waals surface area contributed by atoms with Crippen LogP contribution in [-0.2, 0) is 14.6 Å². The fraction of sp³-hybridized carbons (Fsp3) is 0.455. The largest absolute Gasteiger partial charge is 0.364 e. The van der Waals surface area contributed by atoms with Crippen LogP contribution in [-0.4, -0.2) is 19.4 Å². The SMILES string of the molecule is O=S1(=O)C[C@H]2[C@@H]1[C@H]1O[C@@H]2c2ccccc21. The first-order valence-electron chi connectivity index (χ1n) is 5.14. The van der Waals surface area contributed by atoms with Crippen LogP contribution in [0.4, 0.5) is 0 Å². The van der Waals surface area contributed by atoms with Crippen molar-refractivity contribution in [1.82, 2.24) is 0 Å². The number of hydrogen-bond donors (Lipinski definition) is 0. The molecule has 0 aromatic heterocycles. The Morgan fingerprint density at radius 1 is 1.13 bits per heavy atom. The van der Waals surface area contributed by atoms with Gasteiger partial charge in [0.1, 0.15) is 6.10 Å². The quantitative estimate of drug-likeness (QED) is 0.663. The first-order valence-corrected chi connectivity index (χ1v) is 6.86. The lowest BCUT2D eigenvalue weighted by atomic mass is 9.84. The Labute approximate surface area is 88.0 Å². The number of rotatable bonds is 0. The normalized spacial score (nSPS) is 43.2. The smallest absolute Gasteiger partial charge is 0.156 e. The zero-order valence-electron chi connectivity index (χ0n) is 7.96. The van der Waals surface area contributed by atoms with Crippen molar-refractivity contribution in [3.05, 3.63) is 35.4 Å². The van der Waals surface area contributed by atoms with E-state index in [1.807, 2.05) is 18.2 Å². The van der Waals surface area contributed by atoms with E-state index in [1.165, 1.54) is 5.56 Å². The van der Waals surface area contributed by atoms with Crippen LogP contribution < -0.4 is 0 Å². The molecule has 0 amide bonds. The van der Waals surface area contributed by atoms with Gasteiger partial charge in [-0.05, 0) is 11.1 Å². The van der Waals surface area contributed by atoms with Gasteiger partial charge in [-0.2, -0.15) is 0 Å². The van der Waals surface area contributed by atoms with E-state index < -0.39 is 9.84 Å². The molecule has 3 nitrogen and oxygen atoms in total. The second kappa shape index (κ2) is 2.28. The molecule has 1 aromatic rings. The molecular formula is C11H10O3S. The van der Waals surface area contributed by atoms with Crippen LogP contribution >= 0.6 is 0 Å². The summed E-state index contributed by atoms with van der Waals surface area (Å²) in [5.41, 5.74) is 2.30. The summed E-state index contributed by atoms with van der Waals surface area (Å²) in [5.74, 6) is 0.530. The average Bonchev–Trinajstić information content (AvgIpc) is 2.70. The molecule has 3 heterocycles. The van der Waals surface area contributed by atoms with E-state index in [1.54, 1.807) is 0 Å². The van der Waals surface area contributed by atoms with Crippen LogP contribution in [0.2, 0.25) is 0 Å². The number of sulfone groups is 1. The molecule has 2 saturated heterocycles. The molecule has 0 aliphatic carbocycles. The maximum atomic E-state index is 11.6. The minimum absolute atomic E-state index is 0.0414. The lowest BCUT2D eigenvalue weighted by Crippen LogP contribution is -2.49. The number of fused-ring (bicyclic) bond motifs is 8. The molecular weight excluding hydrogens is 212 g/mol. The Balaban J connectivity index is 1.93. The van der Waals surface area contributed by atoms with Gasteiger partial charge in [0.2, 0.25) is 0 Å². The lowest BCUT2D eigenvalue weighted by molar-refractivity contribution is 0.0646. The van der Waals surface area contributed by atoms with Crippen molar-refractivity contribution in [3.8, 4) is 0 Å². The van der Waals surface area contributed by atoms with E-state index in [0.717, 1.165) is 5.56 Å². The third-order valence-corrected chi connectivity index (χ3v) is 6.13. The molecule has 0 radical (unpaired) electrons. The van der Waals surface area contributed by atoms with Crippen molar-refractivity contribution < 1.29 is 13.2 Å². The van der Waals surface area contributed by atoms with Crippen molar-refractivity contribution >= 4 is 9.84 Å². The van der Waals surface area contributed by atoms with Gasteiger partial charge >= 0.3 is 0 Å². The fourth-order valence-electron chi connectivity index (χ4n) is 3.21. The van der Waals surface area contributed by atoms with E-state index >= 15 is 0 Å². The molecule has 15 heavy (non-hydrogen) atoms. The molecule has 0 N–H and O–H groups in total. The highest BCUT2D eigenvalue weighted by molar-refractivity contribution is 7.93. The third kappa shape index (κ3) is 0.799. The highest BCUT2D eigenvalue weighted by Crippen LogP contribution is 2.60. The van der Waals surface area contributed by atoms with Gasteiger partial charge in [-0.1, -0.05) is 24.3 Å². The summed E-state index contributed by atoms with van der Waals surface area (Å²) < 4.78 is 29.0. The first kappa shape index (κ1) is 8.30. The van der Waals surface area contributed by atoms with E-state index in [9.17, 15) is 8.42 Å². The second-order valence-corrected chi connectivity index (χ2v) is 6.77.